The zero-order chi connectivity index (χ0) is 26.5. The molecule has 4 rings (SSSR count). The van der Waals surface area contributed by atoms with E-state index >= 15 is 0 Å². The van der Waals surface area contributed by atoms with E-state index in [2.05, 4.69) is 10.3 Å². The summed E-state index contributed by atoms with van der Waals surface area (Å²) in [6.07, 6.45) is 2.80. The molecule has 0 spiro atoms. The van der Waals surface area contributed by atoms with Crippen LogP contribution in [0.5, 0.6) is 17.4 Å². The Hall–Kier alpha value is -4.90. The van der Waals surface area contributed by atoms with Crippen molar-refractivity contribution in [2.24, 2.45) is 0 Å². The number of benzene rings is 2. The highest BCUT2D eigenvalue weighted by Crippen LogP contribution is 2.29. The van der Waals surface area contributed by atoms with Crippen LogP contribution in [0, 0.1) is 32.1 Å². The van der Waals surface area contributed by atoms with Gasteiger partial charge in [0, 0.05) is 11.9 Å². The quantitative estimate of drug-likeness (QED) is 0.274. The molecule has 2 aromatic carbocycles. The monoisotopic (exact) mass is 494 g/mol. The molecule has 0 aliphatic carbocycles. The maximum absolute atomic E-state index is 13.5. The second-order valence-corrected chi connectivity index (χ2v) is 8.40. The number of hydrogen-bond donors (Lipinski definition) is 1. The Kier molecular flexibility index (Phi) is 7.35. The number of amides is 1. The number of hydrogen-bond acceptors (Lipinski definition) is 6. The fourth-order valence-corrected chi connectivity index (χ4v) is 3.72. The predicted molar refractivity (Wildman–Crippen MR) is 142 cm³/mol. The highest BCUT2D eigenvalue weighted by Gasteiger charge is 2.19. The SMILES string of the molecule is CCOc1ccc(NC(=O)C(C#N)=Cc2c(Oc3cccc(C)c3C)nc3c(C)cccn3c2=O)cc1. The number of nitrogens with one attached hydrogen (secondary N) is 1. The zero-order valence-corrected chi connectivity index (χ0v) is 21.0. The fourth-order valence-electron chi connectivity index (χ4n) is 3.72. The van der Waals surface area contributed by atoms with E-state index < -0.39 is 11.5 Å². The molecule has 1 amide bonds. The fraction of sp³-hybridized carbons (Fsp3) is 0.172. The van der Waals surface area contributed by atoms with Gasteiger partial charge in [0.2, 0.25) is 5.88 Å². The maximum Gasteiger partial charge on any atom is 0.269 e. The molecule has 0 aliphatic rings. The lowest BCUT2D eigenvalue weighted by molar-refractivity contribution is -0.112. The predicted octanol–water partition coefficient (Wildman–Crippen LogP) is 5.36. The molecule has 0 fully saturated rings. The second kappa shape index (κ2) is 10.8. The van der Waals surface area contributed by atoms with Gasteiger partial charge < -0.3 is 14.8 Å². The zero-order valence-electron chi connectivity index (χ0n) is 21.0. The van der Waals surface area contributed by atoms with Crippen molar-refractivity contribution in [1.82, 2.24) is 9.38 Å². The Bertz CT molecular complexity index is 1610. The van der Waals surface area contributed by atoms with E-state index in [9.17, 15) is 14.9 Å². The van der Waals surface area contributed by atoms with Gasteiger partial charge in [-0.3, -0.25) is 14.0 Å². The molecule has 0 atom stereocenters. The normalized spacial score (nSPS) is 11.2. The number of aryl methyl sites for hydroxylation is 2. The van der Waals surface area contributed by atoms with Crippen LogP contribution in [-0.4, -0.2) is 21.9 Å². The number of nitrogens with zero attached hydrogens (tertiary/aromatic N) is 3. The van der Waals surface area contributed by atoms with E-state index in [1.54, 1.807) is 42.6 Å². The van der Waals surface area contributed by atoms with Gasteiger partial charge in [-0.25, -0.2) is 0 Å². The molecule has 1 N–H and O–H groups in total. The number of ether oxygens (including phenoxy) is 2. The van der Waals surface area contributed by atoms with Gasteiger partial charge in [0.15, 0.2) is 0 Å². The Morgan fingerprint density at radius 3 is 2.51 bits per heavy atom. The molecule has 8 nitrogen and oxygen atoms in total. The smallest absolute Gasteiger partial charge is 0.269 e. The number of carbonyl (C=O) groups excluding carboxylic acids is 1. The Balaban J connectivity index is 1.79. The molecular weight excluding hydrogens is 468 g/mol. The van der Waals surface area contributed by atoms with E-state index in [1.807, 2.05) is 52.0 Å². The maximum atomic E-state index is 13.5. The first-order valence-corrected chi connectivity index (χ1v) is 11.7. The summed E-state index contributed by atoms with van der Waals surface area (Å²) in [4.78, 5) is 31.1. The molecule has 0 aliphatic heterocycles. The molecule has 0 saturated carbocycles. The first kappa shape index (κ1) is 25.2. The van der Waals surface area contributed by atoms with Gasteiger partial charge in [0.1, 0.15) is 34.4 Å². The number of carbonyl (C=O) groups is 1. The van der Waals surface area contributed by atoms with Crippen molar-refractivity contribution in [1.29, 1.82) is 5.26 Å². The van der Waals surface area contributed by atoms with E-state index in [-0.39, 0.29) is 17.0 Å². The molecule has 0 saturated heterocycles. The van der Waals surface area contributed by atoms with Crippen molar-refractivity contribution in [3.8, 4) is 23.4 Å². The summed E-state index contributed by atoms with van der Waals surface area (Å²) in [5.74, 6) is 0.528. The number of aromatic nitrogens is 2. The van der Waals surface area contributed by atoms with Crippen LogP contribution >= 0.6 is 0 Å². The number of rotatable bonds is 7. The Morgan fingerprint density at radius 1 is 1.08 bits per heavy atom. The summed E-state index contributed by atoms with van der Waals surface area (Å²) in [5, 5.41) is 12.5. The molecule has 4 aromatic rings. The van der Waals surface area contributed by atoms with Crippen LogP contribution < -0.4 is 20.3 Å². The number of fused-ring (bicyclic) bond motifs is 1. The molecular formula is C29H26N4O4. The largest absolute Gasteiger partial charge is 0.494 e. The minimum absolute atomic E-state index is 0.00890. The van der Waals surface area contributed by atoms with Gasteiger partial charge in [-0.2, -0.15) is 10.2 Å². The summed E-state index contributed by atoms with van der Waals surface area (Å²) in [7, 11) is 0. The topological polar surface area (TPSA) is 106 Å². The summed E-state index contributed by atoms with van der Waals surface area (Å²) in [5.41, 5.74) is 2.82. The first-order chi connectivity index (χ1) is 17.8. The summed E-state index contributed by atoms with van der Waals surface area (Å²) < 4.78 is 12.9. The highest BCUT2D eigenvalue weighted by molar-refractivity contribution is 6.09. The lowest BCUT2D eigenvalue weighted by Gasteiger charge is -2.14. The molecule has 0 unspecified atom stereocenters. The number of anilines is 1. The summed E-state index contributed by atoms with van der Waals surface area (Å²) in [6.45, 7) is 8.10. The molecule has 2 aromatic heterocycles. The average molecular weight is 495 g/mol. The van der Waals surface area contributed by atoms with Crippen molar-refractivity contribution in [2.75, 3.05) is 11.9 Å². The van der Waals surface area contributed by atoms with Gasteiger partial charge in [-0.1, -0.05) is 18.2 Å². The van der Waals surface area contributed by atoms with Crippen LogP contribution in [-0.2, 0) is 4.79 Å². The van der Waals surface area contributed by atoms with Crippen LogP contribution in [0.1, 0.15) is 29.2 Å². The van der Waals surface area contributed by atoms with Crippen LogP contribution in [0.3, 0.4) is 0 Å². The lowest BCUT2D eigenvalue weighted by atomic mass is 10.1. The first-order valence-electron chi connectivity index (χ1n) is 11.7. The molecule has 37 heavy (non-hydrogen) atoms. The van der Waals surface area contributed by atoms with Crippen molar-refractivity contribution in [3.63, 3.8) is 0 Å². The van der Waals surface area contributed by atoms with Gasteiger partial charge in [0.25, 0.3) is 11.5 Å². The van der Waals surface area contributed by atoms with Gasteiger partial charge in [0.05, 0.1) is 6.61 Å². The Labute approximate surface area is 214 Å². The standard InChI is InChI=1S/C29H26N4O4/c1-5-36-23-13-11-22(12-14-23)31-27(34)21(17-30)16-24-28(37-25-10-6-8-18(2)20(25)4)32-26-19(3)9-7-15-33(26)29(24)35/h6-16H,5H2,1-4H3,(H,31,34). The summed E-state index contributed by atoms with van der Waals surface area (Å²) in [6, 6.07) is 17.8. The molecule has 186 valence electrons. The molecule has 0 bridgehead atoms. The number of pyridine rings is 1. The van der Waals surface area contributed by atoms with Crippen LogP contribution in [0.4, 0.5) is 5.69 Å². The van der Waals surface area contributed by atoms with Crippen LogP contribution in [0.2, 0.25) is 0 Å². The average Bonchev–Trinajstić information content (AvgIpc) is 2.88. The third kappa shape index (κ3) is 5.36. The van der Waals surface area contributed by atoms with E-state index in [0.29, 0.717) is 29.4 Å². The van der Waals surface area contributed by atoms with E-state index in [0.717, 1.165) is 16.7 Å². The highest BCUT2D eigenvalue weighted by atomic mass is 16.5. The third-order valence-corrected chi connectivity index (χ3v) is 5.89. The molecule has 8 heteroatoms. The minimum Gasteiger partial charge on any atom is -0.494 e. The lowest BCUT2D eigenvalue weighted by Crippen LogP contribution is -2.21. The van der Waals surface area contributed by atoms with Crippen molar-refractivity contribution in [2.45, 2.75) is 27.7 Å². The van der Waals surface area contributed by atoms with E-state index in [1.165, 1.54) is 10.5 Å². The van der Waals surface area contributed by atoms with Gasteiger partial charge in [-0.15, -0.1) is 0 Å². The van der Waals surface area contributed by atoms with Gasteiger partial charge in [-0.05, 0) is 86.9 Å². The van der Waals surface area contributed by atoms with E-state index in [4.69, 9.17) is 9.47 Å². The third-order valence-electron chi connectivity index (χ3n) is 5.89. The van der Waals surface area contributed by atoms with Crippen LogP contribution in [0.15, 0.2) is 71.2 Å². The Morgan fingerprint density at radius 2 is 1.81 bits per heavy atom. The summed E-state index contributed by atoms with van der Waals surface area (Å²) >= 11 is 0. The van der Waals surface area contributed by atoms with Crippen LogP contribution in [0.25, 0.3) is 11.7 Å². The van der Waals surface area contributed by atoms with Crippen molar-refractivity contribution in [3.05, 3.63) is 99.0 Å². The molecule has 2 heterocycles. The van der Waals surface area contributed by atoms with Crippen molar-refractivity contribution < 1.29 is 14.3 Å². The van der Waals surface area contributed by atoms with Crippen molar-refractivity contribution >= 4 is 23.3 Å². The number of nitriles is 1. The van der Waals surface area contributed by atoms with Gasteiger partial charge >= 0.3 is 0 Å². The molecule has 0 radical (unpaired) electrons. The second-order valence-electron chi connectivity index (χ2n) is 8.40. The minimum atomic E-state index is -0.668.